The summed E-state index contributed by atoms with van der Waals surface area (Å²) in [4.78, 5) is 0.381. The molecule has 0 amide bonds. The van der Waals surface area contributed by atoms with Crippen molar-refractivity contribution in [3.05, 3.63) is 59.2 Å². The zero-order valence-corrected chi connectivity index (χ0v) is 11.4. The number of anilines is 1. The van der Waals surface area contributed by atoms with Crippen LogP contribution in [-0.4, -0.2) is 0 Å². The molecule has 2 rings (SSSR count). The van der Waals surface area contributed by atoms with Crippen LogP contribution in [0.4, 0.5) is 27.6 Å². The summed E-state index contributed by atoms with van der Waals surface area (Å²) in [6.07, 6.45) is -4.47. The molecule has 0 aliphatic heterocycles. The maximum Gasteiger partial charge on any atom is 0.416 e. The second kappa shape index (κ2) is 5.93. The fourth-order valence-corrected chi connectivity index (χ4v) is 2.60. The number of nitrogens with two attached hydrogens (primary N) is 1. The lowest BCUT2D eigenvalue weighted by Gasteiger charge is -2.11. The molecule has 0 fully saturated rings. The van der Waals surface area contributed by atoms with Gasteiger partial charge in [-0.15, -0.1) is 11.8 Å². The quantitative estimate of drug-likeness (QED) is 0.497. The van der Waals surface area contributed by atoms with Gasteiger partial charge < -0.3 is 5.73 Å². The van der Waals surface area contributed by atoms with Crippen LogP contribution in [0.15, 0.2) is 41.3 Å². The number of rotatable bonds is 3. The summed E-state index contributed by atoms with van der Waals surface area (Å²) in [5.41, 5.74) is 4.79. The molecule has 0 saturated heterocycles. The first kappa shape index (κ1) is 15.6. The lowest BCUT2D eigenvalue weighted by molar-refractivity contribution is -0.137. The third-order valence-electron chi connectivity index (χ3n) is 2.75. The van der Waals surface area contributed by atoms with Gasteiger partial charge in [-0.3, -0.25) is 0 Å². The number of benzene rings is 2. The van der Waals surface area contributed by atoms with Crippen molar-refractivity contribution in [3.8, 4) is 0 Å². The van der Waals surface area contributed by atoms with Crippen LogP contribution in [0.2, 0.25) is 0 Å². The molecule has 7 heteroatoms. The summed E-state index contributed by atoms with van der Waals surface area (Å²) in [5.74, 6) is -1.86. The Labute approximate surface area is 122 Å². The highest BCUT2D eigenvalue weighted by Crippen LogP contribution is 2.35. The van der Waals surface area contributed by atoms with Crippen molar-refractivity contribution in [3.63, 3.8) is 0 Å². The van der Waals surface area contributed by atoms with E-state index in [0.717, 1.165) is 30.0 Å². The van der Waals surface area contributed by atoms with Crippen LogP contribution in [0.1, 0.15) is 11.1 Å². The summed E-state index contributed by atoms with van der Waals surface area (Å²) < 4.78 is 64.0. The lowest BCUT2D eigenvalue weighted by Crippen LogP contribution is -2.05. The number of thioether (sulfide) groups is 1. The van der Waals surface area contributed by atoms with E-state index in [2.05, 4.69) is 0 Å². The monoisotopic (exact) mass is 319 g/mol. The van der Waals surface area contributed by atoms with Gasteiger partial charge >= 0.3 is 6.18 Å². The molecule has 0 saturated carbocycles. The summed E-state index contributed by atoms with van der Waals surface area (Å²) in [6.45, 7) is 0. The second-order valence-corrected chi connectivity index (χ2v) is 5.27. The maximum atomic E-state index is 13.5. The van der Waals surface area contributed by atoms with Crippen LogP contribution in [0.3, 0.4) is 0 Å². The molecule has 0 heterocycles. The molecule has 0 bridgehead atoms. The van der Waals surface area contributed by atoms with Gasteiger partial charge in [0, 0.05) is 21.9 Å². The number of nitrogen functional groups attached to an aromatic ring is 1. The number of halogens is 5. The molecule has 0 unspecified atom stereocenters. The van der Waals surface area contributed by atoms with Gasteiger partial charge in [0.15, 0.2) is 11.6 Å². The van der Waals surface area contributed by atoms with E-state index in [1.165, 1.54) is 18.2 Å². The third-order valence-corrected chi connectivity index (χ3v) is 3.89. The zero-order valence-electron chi connectivity index (χ0n) is 10.5. The average Bonchev–Trinajstić information content (AvgIpc) is 2.40. The molecule has 112 valence electrons. The van der Waals surface area contributed by atoms with Crippen LogP contribution in [0, 0.1) is 11.6 Å². The van der Waals surface area contributed by atoms with Crippen molar-refractivity contribution in [1.82, 2.24) is 0 Å². The van der Waals surface area contributed by atoms with E-state index in [1.54, 1.807) is 0 Å². The molecule has 2 aromatic rings. The predicted octanol–water partition coefficient (Wildman–Crippen LogP) is 4.86. The first-order valence-electron chi connectivity index (χ1n) is 5.81. The van der Waals surface area contributed by atoms with E-state index >= 15 is 0 Å². The minimum Gasteiger partial charge on any atom is -0.398 e. The van der Waals surface area contributed by atoms with E-state index < -0.39 is 23.4 Å². The Balaban J connectivity index is 2.16. The fourth-order valence-electron chi connectivity index (χ4n) is 1.67. The van der Waals surface area contributed by atoms with Crippen molar-refractivity contribution in [1.29, 1.82) is 0 Å². The molecular weight excluding hydrogens is 309 g/mol. The number of hydrogen-bond acceptors (Lipinski definition) is 2. The van der Waals surface area contributed by atoms with Gasteiger partial charge in [-0.2, -0.15) is 13.2 Å². The van der Waals surface area contributed by atoms with Crippen molar-refractivity contribution in [2.75, 3.05) is 5.73 Å². The molecule has 0 atom stereocenters. The molecule has 0 spiro atoms. The zero-order chi connectivity index (χ0) is 15.6. The topological polar surface area (TPSA) is 26.0 Å². The summed E-state index contributed by atoms with van der Waals surface area (Å²) in [6, 6.07) is 6.72. The van der Waals surface area contributed by atoms with E-state index in [0.29, 0.717) is 4.90 Å². The Morgan fingerprint density at radius 1 is 1.05 bits per heavy atom. The summed E-state index contributed by atoms with van der Waals surface area (Å²) in [7, 11) is 0. The predicted molar refractivity (Wildman–Crippen MR) is 71.8 cm³/mol. The van der Waals surface area contributed by atoms with Crippen LogP contribution in [0.25, 0.3) is 0 Å². The van der Waals surface area contributed by atoms with Gasteiger partial charge in [-0.1, -0.05) is 12.1 Å². The normalized spacial score (nSPS) is 11.7. The van der Waals surface area contributed by atoms with Gasteiger partial charge in [0.25, 0.3) is 0 Å². The minimum atomic E-state index is -4.47. The van der Waals surface area contributed by atoms with Gasteiger partial charge in [0.1, 0.15) is 0 Å². The van der Waals surface area contributed by atoms with E-state index in [4.69, 9.17) is 5.73 Å². The average molecular weight is 319 g/mol. The molecule has 0 radical (unpaired) electrons. The SMILES string of the molecule is Nc1cc(C(F)(F)F)ccc1SCc1cccc(F)c1F. The standard InChI is InChI=1S/C14H10F5NS/c15-10-3-1-2-8(13(10)16)7-21-12-5-4-9(6-11(12)20)14(17,18)19/h1-6H,7,20H2. The Kier molecular flexibility index (Phi) is 4.41. The van der Waals surface area contributed by atoms with E-state index in [1.807, 2.05) is 0 Å². The Bertz CT molecular complexity index is 654. The Morgan fingerprint density at radius 2 is 1.76 bits per heavy atom. The Hall–Kier alpha value is -1.76. The van der Waals surface area contributed by atoms with Gasteiger partial charge in [-0.05, 0) is 24.3 Å². The lowest BCUT2D eigenvalue weighted by atomic mass is 10.2. The third kappa shape index (κ3) is 3.66. The summed E-state index contributed by atoms with van der Waals surface area (Å²) in [5, 5.41) is 0. The van der Waals surface area contributed by atoms with E-state index in [-0.39, 0.29) is 17.0 Å². The highest BCUT2D eigenvalue weighted by Gasteiger charge is 2.30. The molecule has 2 N–H and O–H groups in total. The van der Waals surface area contributed by atoms with E-state index in [9.17, 15) is 22.0 Å². The number of hydrogen-bond donors (Lipinski definition) is 1. The first-order valence-corrected chi connectivity index (χ1v) is 6.80. The molecule has 1 nitrogen and oxygen atoms in total. The van der Waals surface area contributed by atoms with Gasteiger partial charge in [-0.25, -0.2) is 8.78 Å². The number of alkyl halides is 3. The largest absolute Gasteiger partial charge is 0.416 e. The second-order valence-electron chi connectivity index (χ2n) is 4.25. The van der Waals surface area contributed by atoms with Gasteiger partial charge in [0.05, 0.1) is 5.56 Å². The molecule has 21 heavy (non-hydrogen) atoms. The fraction of sp³-hybridized carbons (Fsp3) is 0.143. The van der Waals surface area contributed by atoms with Crippen LogP contribution in [0.5, 0.6) is 0 Å². The first-order chi connectivity index (χ1) is 9.79. The van der Waals surface area contributed by atoms with Crippen molar-refractivity contribution < 1.29 is 22.0 Å². The highest BCUT2D eigenvalue weighted by atomic mass is 32.2. The molecule has 2 aromatic carbocycles. The molecule has 0 aliphatic rings. The Morgan fingerprint density at radius 3 is 2.38 bits per heavy atom. The molecule has 0 aromatic heterocycles. The summed E-state index contributed by atoms with van der Waals surface area (Å²) >= 11 is 1.04. The minimum absolute atomic E-state index is 0.0494. The van der Waals surface area contributed by atoms with Crippen molar-refractivity contribution in [2.24, 2.45) is 0 Å². The van der Waals surface area contributed by atoms with Gasteiger partial charge in [0.2, 0.25) is 0 Å². The van der Waals surface area contributed by atoms with Crippen LogP contribution < -0.4 is 5.73 Å². The molecule has 0 aliphatic carbocycles. The molecular formula is C14H10F5NS. The van der Waals surface area contributed by atoms with Crippen molar-refractivity contribution in [2.45, 2.75) is 16.8 Å². The smallest absolute Gasteiger partial charge is 0.398 e. The highest BCUT2D eigenvalue weighted by molar-refractivity contribution is 7.98. The maximum absolute atomic E-state index is 13.5. The van der Waals surface area contributed by atoms with Crippen LogP contribution in [-0.2, 0) is 11.9 Å². The van der Waals surface area contributed by atoms with Crippen LogP contribution >= 0.6 is 11.8 Å². The van der Waals surface area contributed by atoms with Crippen molar-refractivity contribution >= 4 is 17.4 Å².